The summed E-state index contributed by atoms with van der Waals surface area (Å²) in [5.74, 6) is 0.129. The zero-order valence-electron chi connectivity index (χ0n) is 13.8. The molecule has 2 amide bonds. The van der Waals surface area contributed by atoms with Crippen LogP contribution in [0.2, 0.25) is 0 Å². The third-order valence-electron chi connectivity index (χ3n) is 4.53. The van der Waals surface area contributed by atoms with Gasteiger partial charge in [-0.15, -0.1) is 0 Å². The highest BCUT2D eigenvalue weighted by Gasteiger charge is 2.38. The van der Waals surface area contributed by atoms with Gasteiger partial charge in [0.1, 0.15) is 0 Å². The maximum atomic E-state index is 12.4. The molecule has 4 nitrogen and oxygen atoms in total. The van der Waals surface area contributed by atoms with E-state index in [0.29, 0.717) is 12.8 Å². The van der Waals surface area contributed by atoms with Gasteiger partial charge in [0.05, 0.1) is 0 Å². The summed E-state index contributed by atoms with van der Waals surface area (Å²) in [6, 6.07) is 7.80. The molecule has 0 aromatic heterocycles. The second-order valence-corrected chi connectivity index (χ2v) is 6.77. The Morgan fingerprint density at radius 3 is 2.45 bits per heavy atom. The van der Waals surface area contributed by atoms with Crippen LogP contribution in [0.3, 0.4) is 0 Å². The lowest BCUT2D eigenvalue weighted by molar-refractivity contribution is -0.131. The van der Waals surface area contributed by atoms with Crippen molar-refractivity contribution in [2.45, 2.75) is 45.4 Å². The van der Waals surface area contributed by atoms with E-state index in [2.05, 4.69) is 5.32 Å². The molecule has 1 aliphatic rings. The molecule has 2 rings (SSSR count). The Morgan fingerprint density at radius 2 is 1.86 bits per heavy atom. The normalized spacial score (nSPS) is 16.3. The molecular weight excluding hydrogens is 276 g/mol. The fraction of sp³-hybridized carbons (Fsp3) is 0.556. The number of carbonyl (C=O) groups is 2. The fourth-order valence-electron chi connectivity index (χ4n) is 3.29. The van der Waals surface area contributed by atoms with Crippen molar-refractivity contribution in [1.29, 1.82) is 0 Å². The summed E-state index contributed by atoms with van der Waals surface area (Å²) in [4.78, 5) is 26.1. The Morgan fingerprint density at radius 1 is 1.18 bits per heavy atom. The molecule has 0 radical (unpaired) electrons. The first-order valence-electron chi connectivity index (χ1n) is 7.97. The number of benzene rings is 1. The standard InChI is InChI=1S/C18H26N2O2/c1-14-7-6-8-15(11-14)19-16(21)12-18(9-4-5-10-18)13-17(22)20(2)3/h6-8,11H,4-5,9-10,12-13H2,1-3H3,(H,19,21). The van der Waals surface area contributed by atoms with Crippen LogP contribution in [0.15, 0.2) is 24.3 Å². The molecule has 22 heavy (non-hydrogen) atoms. The Hall–Kier alpha value is -1.84. The van der Waals surface area contributed by atoms with Crippen LogP contribution in [-0.4, -0.2) is 30.8 Å². The Labute approximate surface area is 132 Å². The van der Waals surface area contributed by atoms with Crippen LogP contribution in [0.4, 0.5) is 5.69 Å². The van der Waals surface area contributed by atoms with Crippen LogP contribution in [-0.2, 0) is 9.59 Å². The molecule has 0 bridgehead atoms. The molecule has 1 fully saturated rings. The Bertz CT molecular complexity index is 546. The van der Waals surface area contributed by atoms with Gasteiger partial charge in [-0.3, -0.25) is 9.59 Å². The minimum atomic E-state index is -0.157. The fourth-order valence-corrected chi connectivity index (χ4v) is 3.29. The van der Waals surface area contributed by atoms with E-state index in [1.165, 1.54) is 0 Å². The number of nitrogens with one attached hydrogen (secondary N) is 1. The van der Waals surface area contributed by atoms with Crippen molar-refractivity contribution >= 4 is 17.5 Å². The van der Waals surface area contributed by atoms with Crippen molar-refractivity contribution in [3.63, 3.8) is 0 Å². The maximum absolute atomic E-state index is 12.4. The zero-order chi connectivity index (χ0) is 16.2. The molecular formula is C18H26N2O2. The molecule has 0 spiro atoms. The number of nitrogens with zero attached hydrogens (tertiary/aromatic N) is 1. The lowest BCUT2D eigenvalue weighted by Crippen LogP contribution is -2.32. The van der Waals surface area contributed by atoms with E-state index in [1.807, 2.05) is 31.2 Å². The lowest BCUT2D eigenvalue weighted by Gasteiger charge is -2.29. The van der Waals surface area contributed by atoms with Gasteiger partial charge in [-0.25, -0.2) is 0 Å². The molecule has 1 aromatic carbocycles. The number of anilines is 1. The molecule has 120 valence electrons. The summed E-state index contributed by atoms with van der Waals surface area (Å²) in [7, 11) is 3.55. The summed E-state index contributed by atoms with van der Waals surface area (Å²) in [6.45, 7) is 2.00. The molecule has 1 saturated carbocycles. The van der Waals surface area contributed by atoms with E-state index in [4.69, 9.17) is 0 Å². The first-order valence-corrected chi connectivity index (χ1v) is 7.97. The van der Waals surface area contributed by atoms with Gasteiger partial charge in [-0.2, -0.15) is 0 Å². The molecule has 0 atom stereocenters. The van der Waals surface area contributed by atoms with E-state index in [0.717, 1.165) is 36.9 Å². The van der Waals surface area contributed by atoms with Crippen molar-refractivity contribution in [2.24, 2.45) is 5.41 Å². The van der Waals surface area contributed by atoms with E-state index in [-0.39, 0.29) is 17.2 Å². The summed E-state index contributed by atoms with van der Waals surface area (Å²) in [5, 5.41) is 2.97. The van der Waals surface area contributed by atoms with Crippen LogP contribution < -0.4 is 5.32 Å². The van der Waals surface area contributed by atoms with Crippen molar-refractivity contribution in [1.82, 2.24) is 4.90 Å². The van der Waals surface area contributed by atoms with Gasteiger partial charge in [-0.05, 0) is 42.9 Å². The van der Waals surface area contributed by atoms with Gasteiger partial charge >= 0.3 is 0 Å². The van der Waals surface area contributed by atoms with E-state index < -0.39 is 0 Å². The van der Waals surface area contributed by atoms with Crippen LogP contribution in [0.25, 0.3) is 0 Å². The molecule has 4 heteroatoms. The number of amides is 2. The van der Waals surface area contributed by atoms with Gasteiger partial charge in [0.25, 0.3) is 0 Å². The predicted octanol–water partition coefficient (Wildman–Crippen LogP) is 3.36. The topological polar surface area (TPSA) is 49.4 Å². The number of hydrogen-bond acceptors (Lipinski definition) is 2. The average molecular weight is 302 g/mol. The maximum Gasteiger partial charge on any atom is 0.224 e. The monoisotopic (exact) mass is 302 g/mol. The van der Waals surface area contributed by atoms with Crippen LogP contribution in [0, 0.1) is 12.3 Å². The molecule has 1 N–H and O–H groups in total. The largest absolute Gasteiger partial charge is 0.349 e. The van der Waals surface area contributed by atoms with E-state index >= 15 is 0 Å². The van der Waals surface area contributed by atoms with Crippen molar-refractivity contribution < 1.29 is 9.59 Å². The van der Waals surface area contributed by atoms with Crippen LogP contribution in [0.1, 0.15) is 44.1 Å². The first kappa shape index (κ1) is 16.5. The van der Waals surface area contributed by atoms with Crippen LogP contribution in [0.5, 0.6) is 0 Å². The number of carbonyl (C=O) groups excluding carboxylic acids is 2. The highest BCUT2D eigenvalue weighted by atomic mass is 16.2. The Balaban J connectivity index is 2.01. The van der Waals surface area contributed by atoms with E-state index in [9.17, 15) is 9.59 Å². The smallest absolute Gasteiger partial charge is 0.224 e. The molecule has 1 aliphatic carbocycles. The number of aryl methyl sites for hydroxylation is 1. The quantitative estimate of drug-likeness (QED) is 0.906. The SMILES string of the molecule is Cc1cccc(NC(=O)CC2(CC(=O)N(C)C)CCCC2)c1. The van der Waals surface area contributed by atoms with Gasteiger partial charge in [-0.1, -0.05) is 25.0 Å². The molecule has 1 aromatic rings. The summed E-state index contributed by atoms with van der Waals surface area (Å²) < 4.78 is 0. The van der Waals surface area contributed by atoms with Crippen LogP contribution >= 0.6 is 0 Å². The van der Waals surface area contributed by atoms with Gasteiger partial charge in [0.2, 0.25) is 11.8 Å². The molecule has 0 aliphatic heterocycles. The minimum absolute atomic E-state index is 0.0130. The average Bonchev–Trinajstić information content (AvgIpc) is 2.86. The third-order valence-corrected chi connectivity index (χ3v) is 4.53. The van der Waals surface area contributed by atoms with Gasteiger partial charge in [0, 0.05) is 32.6 Å². The predicted molar refractivity (Wildman–Crippen MR) is 88.6 cm³/mol. The highest BCUT2D eigenvalue weighted by Crippen LogP contribution is 2.44. The Kier molecular flexibility index (Phi) is 5.22. The van der Waals surface area contributed by atoms with Crippen molar-refractivity contribution in [3.8, 4) is 0 Å². The second-order valence-electron chi connectivity index (χ2n) is 6.77. The minimum Gasteiger partial charge on any atom is -0.349 e. The van der Waals surface area contributed by atoms with Crippen molar-refractivity contribution in [2.75, 3.05) is 19.4 Å². The van der Waals surface area contributed by atoms with Gasteiger partial charge in [0.15, 0.2) is 0 Å². The summed E-state index contributed by atoms with van der Waals surface area (Å²) in [5.41, 5.74) is 1.79. The number of rotatable bonds is 5. The summed E-state index contributed by atoms with van der Waals surface area (Å²) >= 11 is 0. The second kappa shape index (κ2) is 6.95. The molecule has 0 saturated heterocycles. The highest BCUT2D eigenvalue weighted by molar-refractivity contribution is 5.91. The van der Waals surface area contributed by atoms with Crippen molar-refractivity contribution in [3.05, 3.63) is 29.8 Å². The first-order chi connectivity index (χ1) is 10.4. The molecule has 0 heterocycles. The molecule has 0 unspecified atom stereocenters. The van der Waals surface area contributed by atoms with E-state index in [1.54, 1.807) is 19.0 Å². The van der Waals surface area contributed by atoms with Gasteiger partial charge < -0.3 is 10.2 Å². The number of hydrogen-bond donors (Lipinski definition) is 1. The lowest BCUT2D eigenvalue weighted by atomic mass is 9.78. The summed E-state index contributed by atoms with van der Waals surface area (Å²) in [6.07, 6.45) is 5.06. The zero-order valence-corrected chi connectivity index (χ0v) is 13.8. The third kappa shape index (κ3) is 4.33.